The van der Waals surface area contributed by atoms with Crippen molar-refractivity contribution in [3.63, 3.8) is 0 Å². The third-order valence-electron chi connectivity index (χ3n) is 6.88. The predicted octanol–water partition coefficient (Wildman–Crippen LogP) is 6.65. The van der Waals surface area contributed by atoms with Crippen molar-refractivity contribution in [3.8, 4) is 0 Å². The van der Waals surface area contributed by atoms with Gasteiger partial charge in [-0.25, -0.2) is 0 Å². The Morgan fingerprint density at radius 1 is 1.20 bits per heavy atom. The van der Waals surface area contributed by atoms with Crippen LogP contribution in [0.5, 0.6) is 0 Å². The highest BCUT2D eigenvalue weighted by molar-refractivity contribution is 7.08. The van der Waals surface area contributed by atoms with E-state index in [0.29, 0.717) is 17.4 Å². The molecule has 116 valence electrons. The van der Waals surface area contributed by atoms with Gasteiger partial charge in [-0.2, -0.15) is 11.5 Å². The quantitative estimate of drug-likeness (QED) is 0.364. The van der Waals surface area contributed by atoms with Crippen LogP contribution in [0.3, 0.4) is 0 Å². The lowest BCUT2D eigenvalue weighted by Gasteiger charge is -2.63. The van der Waals surface area contributed by atoms with Crippen molar-refractivity contribution in [2.45, 2.75) is 91.2 Å². The monoisotopic (exact) mass is 296 g/mol. The average Bonchev–Trinajstić information content (AvgIpc) is 2.42. The maximum Gasteiger partial charge on any atom is 0.256 e. The zero-order valence-corrected chi connectivity index (χ0v) is 15.0. The van der Waals surface area contributed by atoms with Gasteiger partial charge < -0.3 is 0 Å². The molecule has 3 saturated carbocycles. The van der Waals surface area contributed by atoms with Crippen LogP contribution >= 0.6 is 11.5 Å². The Balaban J connectivity index is 1.82. The van der Waals surface area contributed by atoms with Crippen LogP contribution in [0.1, 0.15) is 79.6 Å². The van der Waals surface area contributed by atoms with Crippen LogP contribution < -0.4 is 0 Å². The first-order chi connectivity index (χ1) is 9.39. The number of rotatable bonds is 7. The molecule has 0 aromatic carbocycles. The molecule has 0 spiro atoms. The first kappa shape index (κ1) is 16.7. The second kappa shape index (κ2) is 6.63. The van der Waals surface area contributed by atoms with E-state index in [2.05, 4.69) is 34.6 Å². The summed E-state index contributed by atoms with van der Waals surface area (Å²) in [6.45, 7) is 12.1. The average molecular weight is 297 g/mol. The number of fused-ring (bicyclic) bond motifs is 2. The van der Waals surface area contributed by atoms with Crippen molar-refractivity contribution in [3.05, 3.63) is 0 Å². The molecule has 0 amide bonds. The maximum atomic E-state index is 6.90. The van der Waals surface area contributed by atoms with Gasteiger partial charge in [0.05, 0.1) is 0 Å². The van der Waals surface area contributed by atoms with Gasteiger partial charge >= 0.3 is 0 Å². The third kappa shape index (κ3) is 3.08. The highest BCUT2D eigenvalue weighted by Gasteiger charge is 2.57. The molecule has 2 bridgehead atoms. The summed E-state index contributed by atoms with van der Waals surface area (Å²) in [5.74, 6) is 4.17. The molecule has 3 rings (SSSR count). The third-order valence-corrected chi connectivity index (χ3v) is 7.63. The Bertz CT molecular complexity index is 315. The predicted molar refractivity (Wildman–Crippen MR) is 92.7 cm³/mol. The second-order valence-electron chi connectivity index (χ2n) is 8.39. The highest BCUT2D eigenvalue weighted by atomic mass is 35.5. The van der Waals surface area contributed by atoms with Crippen LogP contribution in [0.25, 0.3) is 0 Å². The first-order valence-corrected chi connectivity index (χ1v) is 9.47. The van der Waals surface area contributed by atoms with Crippen LogP contribution in [0.4, 0.5) is 0 Å². The molecule has 0 N–H and O–H groups in total. The Kier molecular flexibility index (Phi) is 5.55. The standard InChI is InChI=1S/C18H34BCl/c1-6-7-8-9-10-13(2)19(20)17-12-15-11-16(14(17)3)18(15,4)5/h13-17H,6-12H2,1-5H3/t13?,14?,15-,16+,17?/m0/s1. The largest absolute Gasteiger partial charge is 0.256 e. The van der Waals surface area contributed by atoms with E-state index in [1.807, 2.05) is 0 Å². The molecule has 5 atom stereocenters. The van der Waals surface area contributed by atoms with E-state index in [9.17, 15) is 0 Å². The Morgan fingerprint density at radius 2 is 1.90 bits per heavy atom. The van der Waals surface area contributed by atoms with E-state index in [0.717, 1.165) is 23.6 Å². The normalized spacial score (nSPS) is 36.3. The smallest absolute Gasteiger partial charge is 0.195 e. The summed E-state index contributed by atoms with van der Waals surface area (Å²) in [6.07, 6.45) is 10.1. The van der Waals surface area contributed by atoms with Gasteiger partial charge in [0.2, 0.25) is 0 Å². The zero-order valence-electron chi connectivity index (χ0n) is 14.3. The Labute approximate surface area is 132 Å². The van der Waals surface area contributed by atoms with Crippen molar-refractivity contribution in [1.82, 2.24) is 0 Å². The molecule has 3 aliphatic rings. The summed E-state index contributed by atoms with van der Waals surface area (Å²) in [7, 11) is 0. The van der Waals surface area contributed by atoms with Gasteiger partial charge in [0.25, 0.3) is 6.13 Å². The summed E-state index contributed by atoms with van der Waals surface area (Å²) >= 11 is 6.90. The molecule has 0 saturated heterocycles. The van der Waals surface area contributed by atoms with E-state index < -0.39 is 0 Å². The van der Waals surface area contributed by atoms with Crippen molar-refractivity contribution in [2.75, 3.05) is 0 Å². The second-order valence-corrected chi connectivity index (χ2v) is 8.89. The fraction of sp³-hybridized carbons (Fsp3) is 1.00. The minimum absolute atomic E-state index is 0.410. The van der Waals surface area contributed by atoms with Crippen LogP contribution in [-0.2, 0) is 0 Å². The SMILES string of the molecule is CCCCCCC(C)B(Cl)C1C[C@@H]2C[C@H](C1C)C2(C)C. The van der Waals surface area contributed by atoms with Gasteiger partial charge in [-0.15, -0.1) is 0 Å². The molecule has 0 aromatic rings. The lowest BCUT2D eigenvalue weighted by atomic mass is 9.35. The summed E-state index contributed by atoms with van der Waals surface area (Å²) in [5.41, 5.74) is 0.594. The van der Waals surface area contributed by atoms with E-state index in [-0.39, 0.29) is 0 Å². The van der Waals surface area contributed by atoms with E-state index in [1.54, 1.807) is 0 Å². The number of halogens is 1. The lowest BCUT2D eigenvalue weighted by molar-refractivity contribution is -0.0989. The molecule has 2 heteroatoms. The van der Waals surface area contributed by atoms with Crippen LogP contribution in [0.2, 0.25) is 11.6 Å². The molecular formula is C18H34BCl. The lowest BCUT2D eigenvalue weighted by Crippen LogP contribution is -2.55. The minimum Gasteiger partial charge on any atom is -0.195 e. The molecule has 0 aliphatic heterocycles. The molecule has 0 heterocycles. The highest BCUT2D eigenvalue weighted by Crippen LogP contribution is 2.65. The number of hydrogen-bond acceptors (Lipinski definition) is 0. The summed E-state index contributed by atoms with van der Waals surface area (Å²) in [6, 6.07) is 0. The van der Waals surface area contributed by atoms with Crippen molar-refractivity contribution in [1.29, 1.82) is 0 Å². The van der Waals surface area contributed by atoms with E-state index in [1.165, 1.54) is 44.9 Å². The Morgan fingerprint density at radius 3 is 2.45 bits per heavy atom. The summed E-state index contributed by atoms with van der Waals surface area (Å²) in [4.78, 5) is 0. The van der Waals surface area contributed by atoms with Crippen LogP contribution in [0.15, 0.2) is 0 Å². The maximum absolute atomic E-state index is 6.90. The number of unbranched alkanes of at least 4 members (excludes halogenated alkanes) is 3. The van der Waals surface area contributed by atoms with Crippen molar-refractivity contribution >= 4 is 17.6 Å². The summed E-state index contributed by atoms with van der Waals surface area (Å²) in [5, 5.41) is 0. The fourth-order valence-electron chi connectivity index (χ4n) is 5.08. The van der Waals surface area contributed by atoms with Crippen molar-refractivity contribution in [2.24, 2.45) is 23.2 Å². The van der Waals surface area contributed by atoms with E-state index >= 15 is 0 Å². The Hall–Kier alpha value is 0.355. The minimum atomic E-state index is 0.410. The number of hydrogen-bond donors (Lipinski definition) is 0. The molecular weight excluding hydrogens is 262 g/mol. The van der Waals surface area contributed by atoms with Gasteiger partial charge in [0.15, 0.2) is 0 Å². The topological polar surface area (TPSA) is 0 Å². The molecule has 3 aliphatic carbocycles. The summed E-state index contributed by atoms with van der Waals surface area (Å²) < 4.78 is 0. The molecule has 3 fully saturated rings. The fourth-order valence-corrected chi connectivity index (χ4v) is 5.54. The van der Waals surface area contributed by atoms with Crippen molar-refractivity contribution < 1.29 is 0 Å². The van der Waals surface area contributed by atoms with E-state index in [4.69, 9.17) is 11.5 Å². The van der Waals surface area contributed by atoms with Crippen LogP contribution in [-0.4, -0.2) is 6.13 Å². The molecule has 0 aromatic heterocycles. The molecule has 0 radical (unpaired) electrons. The van der Waals surface area contributed by atoms with Gasteiger partial charge in [-0.05, 0) is 41.2 Å². The van der Waals surface area contributed by atoms with Gasteiger partial charge in [0, 0.05) is 0 Å². The van der Waals surface area contributed by atoms with Gasteiger partial charge in [-0.3, -0.25) is 0 Å². The molecule has 20 heavy (non-hydrogen) atoms. The molecule has 3 unspecified atom stereocenters. The van der Waals surface area contributed by atoms with Gasteiger partial charge in [-0.1, -0.05) is 73.1 Å². The molecule has 0 nitrogen and oxygen atoms in total. The van der Waals surface area contributed by atoms with Crippen LogP contribution in [0, 0.1) is 23.2 Å². The van der Waals surface area contributed by atoms with Gasteiger partial charge in [0.1, 0.15) is 0 Å². The first-order valence-electron chi connectivity index (χ1n) is 9.03. The zero-order chi connectivity index (χ0) is 14.9.